The third-order valence-electron chi connectivity index (χ3n) is 7.23. The molecule has 2 fully saturated rings. The molecule has 4 nitrogen and oxygen atoms in total. The van der Waals surface area contributed by atoms with E-state index in [1.165, 1.54) is 13.3 Å². The molecule has 1 aliphatic heterocycles. The van der Waals surface area contributed by atoms with Crippen molar-refractivity contribution in [3.05, 3.63) is 22.3 Å². The fourth-order valence-electron chi connectivity index (χ4n) is 5.55. The predicted octanol–water partition coefficient (Wildman–Crippen LogP) is 7.20. The first kappa shape index (κ1) is 27.7. The van der Waals surface area contributed by atoms with Gasteiger partial charge in [0.05, 0.1) is 0 Å². The van der Waals surface area contributed by atoms with Crippen molar-refractivity contribution in [2.45, 2.75) is 93.5 Å². The van der Waals surface area contributed by atoms with Gasteiger partial charge in [0.2, 0.25) is 0 Å². The molecule has 1 aliphatic carbocycles. The SMILES string of the molecule is CCC[CH2][Sn]([CH2]CCC)([CH2]CCC)[CH]1CC2C(=C(C#N)C#N)C(F)(F)C(=C(C#N)C#N)C2S1. The van der Waals surface area contributed by atoms with Crippen molar-refractivity contribution in [2.24, 2.45) is 5.92 Å². The summed E-state index contributed by atoms with van der Waals surface area (Å²) in [5.74, 6) is -4.26. The maximum atomic E-state index is 15.6. The van der Waals surface area contributed by atoms with Crippen LogP contribution in [0.2, 0.25) is 13.3 Å². The van der Waals surface area contributed by atoms with Gasteiger partial charge in [-0.25, -0.2) is 0 Å². The Morgan fingerprint density at radius 1 is 0.848 bits per heavy atom. The summed E-state index contributed by atoms with van der Waals surface area (Å²) in [6.07, 6.45) is 7.32. The van der Waals surface area contributed by atoms with Gasteiger partial charge in [0.15, 0.2) is 0 Å². The van der Waals surface area contributed by atoms with Crippen molar-refractivity contribution in [3.63, 3.8) is 0 Å². The van der Waals surface area contributed by atoms with E-state index in [-0.39, 0.29) is 3.27 Å². The molecule has 1 saturated heterocycles. The maximum absolute atomic E-state index is 15.6. The number of allylic oxidation sites excluding steroid dienone is 3. The van der Waals surface area contributed by atoms with Gasteiger partial charge in [-0.2, -0.15) is 0 Å². The number of hydrogen-bond donors (Lipinski definition) is 0. The Balaban J connectivity index is 2.65. The fourth-order valence-corrected chi connectivity index (χ4v) is 29.6. The van der Waals surface area contributed by atoms with Gasteiger partial charge in [-0.05, 0) is 0 Å². The van der Waals surface area contributed by atoms with Gasteiger partial charge in [0.25, 0.3) is 0 Å². The second-order valence-electron chi connectivity index (χ2n) is 9.16. The quantitative estimate of drug-likeness (QED) is 0.202. The van der Waals surface area contributed by atoms with E-state index in [9.17, 15) is 21.0 Å². The molecule has 0 radical (unpaired) electrons. The van der Waals surface area contributed by atoms with Crippen LogP contribution >= 0.6 is 11.8 Å². The van der Waals surface area contributed by atoms with Crippen LogP contribution in [0.1, 0.15) is 65.7 Å². The van der Waals surface area contributed by atoms with Crippen molar-refractivity contribution in [1.82, 2.24) is 0 Å². The molecular formula is C25H32F2N4SSn. The molecule has 0 aromatic carbocycles. The Hall–Kier alpha value is -1.55. The van der Waals surface area contributed by atoms with Crippen molar-refractivity contribution >= 4 is 30.1 Å². The number of halogens is 2. The molecule has 0 aromatic heterocycles. The normalized spacial score (nSPS) is 23.2. The monoisotopic (exact) mass is 578 g/mol. The van der Waals surface area contributed by atoms with E-state index in [0.717, 1.165) is 38.5 Å². The Morgan fingerprint density at radius 2 is 1.27 bits per heavy atom. The summed E-state index contributed by atoms with van der Waals surface area (Å²) in [5, 5.41) is 37.1. The first-order valence-electron chi connectivity index (χ1n) is 11.9. The van der Waals surface area contributed by atoms with E-state index in [4.69, 9.17) is 0 Å². The second kappa shape index (κ2) is 12.2. The molecule has 3 unspecified atom stereocenters. The van der Waals surface area contributed by atoms with E-state index < -0.39 is 57.8 Å². The van der Waals surface area contributed by atoms with E-state index in [1.54, 1.807) is 36.0 Å². The average molecular weight is 577 g/mol. The summed E-state index contributed by atoms with van der Waals surface area (Å²) in [6.45, 7) is 6.56. The first-order valence-corrected chi connectivity index (χ1v) is 20.6. The van der Waals surface area contributed by atoms with Crippen LogP contribution in [0.15, 0.2) is 22.3 Å². The predicted molar refractivity (Wildman–Crippen MR) is 130 cm³/mol. The summed E-state index contributed by atoms with van der Waals surface area (Å²) in [7, 11) is 0. The van der Waals surface area contributed by atoms with Crippen molar-refractivity contribution in [1.29, 1.82) is 21.0 Å². The Morgan fingerprint density at radius 3 is 1.67 bits per heavy atom. The van der Waals surface area contributed by atoms with Gasteiger partial charge in [-0.1, -0.05) is 0 Å². The van der Waals surface area contributed by atoms with Gasteiger partial charge in [-0.15, -0.1) is 0 Å². The van der Waals surface area contributed by atoms with Crippen molar-refractivity contribution in [2.75, 3.05) is 0 Å². The molecule has 1 saturated carbocycles. The number of alkyl halides is 2. The minimum atomic E-state index is -3.61. The van der Waals surface area contributed by atoms with E-state index in [0.29, 0.717) is 6.42 Å². The van der Waals surface area contributed by atoms with Gasteiger partial charge in [0.1, 0.15) is 0 Å². The van der Waals surface area contributed by atoms with Crippen LogP contribution < -0.4 is 0 Å². The Kier molecular flexibility index (Phi) is 10.3. The molecule has 8 heteroatoms. The van der Waals surface area contributed by atoms with Crippen molar-refractivity contribution < 1.29 is 8.78 Å². The molecule has 1 heterocycles. The van der Waals surface area contributed by atoms with E-state index in [2.05, 4.69) is 20.8 Å². The Bertz CT molecular complexity index is 847. The summed E-state index contributed by atoms with van der Waals surface area (Å²) in [5.41, 5.74) is -2.04. The topological polar surface area (TPSA) is 95.2 Å². The second-order valence-corrected chi connectivity index (χ2v) is 25.7. The Labute approximate surface area is 205 Å². The first-order chi connectivity index (χ1) is 15.8. The zero-order valence-corrected chi connectivity index (χ0v) is 23.4. The fraction of sp³-hybridized carbons (Fsp3) is 0.680. The zero-order valence-electron chi connectivity index (χ0n) is 19.8. The number of unbranched alkanes of at least 4 members (excludes halogenated alkanes) is 3. The molecule has 0 N–H and O–H groups in total. The third-order valence-corrected chi connectivity index (χ3v) is 29.3. The number of fused-ring (bicyclic) bond motifs is 1. The number of nitrogens with zero attached hydrogens (tertiary/aromatic N) is 4. The summed E-state index contributed by atoms with van der Waals surface area (Å²) >= 11 is -1.26. The average Bonchev–Trinajstić information content (AvgIpc) is 3.32. The molecule has 176 valence electrons. The standard InChI is InChI=1S/C13H5F2N4S.3C4H9.Sn/c14-13(15)10(7(3-16)4-17)9-1-2-20-12(9)11(13)8(5-18)6-19;3*1-3-4-2;/h2,9,12H,1H2;3*1,3-4H2,2H3;. The van der Waals surface area contributed by atoms with Crippen LogP contribution in [0.4, 0.5) is 8.78 Å². The van der Waals surface area contributed by atoms with Gasteiger partial charge < -0.3 is 0 Å². The minimum absolute atomic E-state index is 0.289. The van der Waals surface area contributed by atoms with Crippen LogP contribution in [0.3, 0.4) is 0 Å². The molecule has 2 aliphatic rings. The summed E-state index contributed by atoms with van der Waals surface area (Å²) in [6, 6.07) is 6.68. The molecule has 2 rings (SSSR count). The molecule has 0 spiro atoms. The van der Waals surface area contributed by atoms with Crippen molar-refractivity contribution in [3.8, 4) is 24.3 Å². The van der Waals surface area contributed by atoms with Gasteiger partial charge >= 0.3 is 206 Å². The van der Waals surface area contributed by atoms with Crippen LogP contribution in [-0.2, 0) is 0 Å². The number of rotatable bonds is 10. The van der Waals surface area contributed by atoms with Crippen LogP contribution in [0.5, 0.6) is 0 Å². The summed E-state index contributed by atoms with van der Waals surface area (Å²) < 4.78 is 35.1. The van der Waals surface area contributed by atoms with Crippen LogP contribution in [-0.4, -0.2) is 32.8 Å². The third kappa shape index (κ3) is 5.42. The molecule has 0 amide bonds. The molecule has 3 atom stereocenters. The van der Waals surface area contributed by atoms with E-state index in [1.807, 2.05) is 0 Å². The molecular weight excluding hydrogens is 545 g/mol. The number of hydrogen-bond acceptors (Lipinski definition) is 5. The number of thioether (sulfide) groups is 1. The van der Waals surface area contributed by atoms with Crippen LogP contribution in [0.25, 0.3) is 0 Å². The molecule has 33 heavy (non-hydrogen) atoms. The van der Waals surface area contributed by atoms with E-state index >= 15 is 8.78 Å². The summed E-state index contributed by atoms with van der Waals surface area (Å²) in [4.78, 5) is 0. The van der Waals surface area contributed by atoms with Gasteiger partial charge in [-0.3, -0.25) is 0 Å². The van der Waals surface area contributed by atoms with Gasteiger partial charge in [0, 0.05) is 0 Å². The molecule has 0 bridgehead atoms. The zero-order chi connectivity index (χ0) is 24.6. The number of nitriles is 4. The molecule has 0 aromatic rings. The van der Waals surface area contributed by atoms with Crippen LogP contribution in [0, 0.1) is 51.2 Å².